The molecule has 25 heavy (non-hydrogen) atoms. The summed E-state index contributed by atoms with van der Waals surface area (Å²) in [5, 5.41) is 3.15. The lowest BCUT2D eigenvalue weighted by atomic mass is 10.2. The number of hydrogen-bond acceptors (Lipinski definition) is 0. The second-order valence-corrected chi connectivity index (χ2v) is 15.6. The maximum Gasteiger partial charge on any atom is 0.310 e. The van der Waals surface area contributed by atoms with Crippen molar-refractivity contribution in [3.05, 3.63) is 90.5 Å². The van der Waals surface area contributed by atoms with Crippen LogP contribution in [0, 0.1) is 6.92 Å². The van der Waals surface area contributed by atoms with Crippen molar-refractivity contribution in [3.8, 4) is 0 Å². The van der Waals surface area contributed by atoms with Crippen LogP contribution in [0.5, 0.6) is 0 Å². The summed E-state index contributed by atoms with van der Waals surface area (Å²) < 4.78 is 0. The monoisotopic (exact) mass is 441 g/mol. The molecule has 0 saturated heterocycles. The van der Waals surface area contributed by atoms with Crippen molar-refractivity contribution in [2.45, 2.75) is 6.92 Å². The van der Waals surface area contributed by atoms with Gasteiger partial charge in [-0.3, -0.25) is 0 Å². The predicted molar refractivity (Wildman–Crippen MR) is 118 cm³/mol. The van der Waals surface area contributed by atoms with Gasteiger partial charge in [-0.2, -0.15) is 0 Å². The van der Waals surface area contributed by atoms with Crippen LogP contribution in [0.1, 0.15) is 5.56 Å². The molecule has 0 atom stereocenters. The Balaban J connectivity index is 0.000000196. The molecule has 0 bridgehead atoms. The average Bonchev–Trinajstić information content (AvgIpc) is 2.64. The van der Waals surface area contributed by atoms with E-state index in [0.29, 0.717) is 0 Å². The summed E-state index contributed by atoms with van der Waals surface area (Å²) in [4.78, 5) is 0. The third-order valence-electron chi connectivity index (χ3n) is 3.62. The van der Waals surface area contributed by atoms with Crippen molar-refractivity contribution in [2.24, 2.45) is 0 Å². The molecule has 0 spiro atoms. The van der Waals surface area contributed by atoms with Crippen LogP contribution < -0.4 is 15.6 Å². The van der Waals surface area contributed by atoms with Crippen LogP contribution in [-0.2, 0) is 0 Å². The number of halogens is 4. The van der Waals surface area contributed by atoms with Crippen LogP contribution in [0.2, 0.25) is 0 Å². The first-order valence-corrected chi connectivity index (χ1v) is 15.2. The van der Waals surface area contributed by atoms with E-state index in [1.165, 1.54) is 5.56 Å². The molecule has 129 valence electrons. The normalized spacial score (nSPS) is 11.0. The van der Waals surface area contributed by atoms with Crippen LogP contribution in [0.4, 0.5) is 0 Å². The zero-order valence-corrected chi connectivity index (χ0v) is 18.6. The summed E-state index contributed by atoms with van der Waals surface area (Å²) in [7, 11) is -1.30. The lowest BCUT2D eigenvalue weighted by Gasteiger charge is -2.17. The SMILES string of the molecule is Cc1ccccc1[Si](Cl)Cl.Cl[Si](Cl)(c1ccccc1)c1ccccc1. The van der Waals surface area contributed by atoms with E-state index >= 15 is 0 Å². The Hall–Kier alpha value is -0.746. The predicted octanol–water partition coefficient (Wildman–Crippen LogP) is 4.89. The fourth-order valence-electron chi connectivity index (χ4n) is 2.25. The molecule has 0 aromatic heterocycles. The first-order chi connectivity index (χ1) is 11.9. The Kier molecular flexibility index (Phi) is 8.07. The highest BCUT2D eigenvalue weighted by molar-refractivity contribution is 7.56. The van der Waals surface area contributed by atoms with Crippen molar-refractivity contribution in [1.29, 1.82) is 0 Å². The third-order valence-corrected chi connectivity index (χ3v) is 10.5. The van der Waals surface area contributed by atoms with E-state index in [1.54, 1.807) is 0 Å². The standard InChI is InChI=1S/C12H10Cl2Si.C7H7Cl2Si/c13-15(14,11-7-3-1-4-8-11)12-9-5-2-6-10-12;1-6-4-2-3-5-7(6)10(8)9/h1-10H;2-5H,1H3. The fraction of sp³-hybridized carbons (Fsp3) is 0.0526. The van der Waals surface area contributed by atoms with E-state index < -0.39 is 14.1 Å². The van der Waals surface area contributed by atoms with Gasteiger partial charge in [-0.05, 0) is 28.0 Å². The van der Waals surface area contributed by atoms with Crippen molar-refractivity contribution >= 4 is 74.0 Å². The number of aryl methyl sites for hydroxylation is 1. The van der Waals surface area contributed by atoms with Crippen molar-refractivity contribution in [1.82, 2.24) is 0 Å². The highest BCUT2D eigenvalue weighted by Gasteiger charge is 2.32. The molecule has 3 aromatic rings. The minimum absolute atomic E-state index is 1.03. The first kappa shape index (κ1) is 20.6. The molecule has 6 heteroatoms. The zero-order valence-electron chi connectivity index (χ0n) is 13.6. The quantitative estimate of drug-likeness (QED) is 0.400. The molecule has 0 fully saturated rings. The van der Waals surface area contributed by atoms with E-state index in [-0.39, 0.29) is 0 Å². The average molecular weight is 443 g/mol. The largest absolute Gasteiger partial charge is 0.310 e. The molecule has 3 rings (SSSR count). The van der Waals surface area contributed by atoms with Crippen LogP contribution in [0.25, 0.3) is 0 Å². The van der Waals surface area contributed by atoms with Gasteiger partial charge >= 0.3 is 14.1 Å². The topological polar surface area (TPSA) is 0 Å². The molecule has 0 aliphatic carbocycles. The number of hydrogen-bond donors (Lipinski definition) is 0. The van der Waals surface area contributed by atoms with E-state index in [2.05, 4.69) is 0 Å². The third kappa shape index (κ3) is 5.88. The molecule has 1 radical (unpaired) electrons. The van der Waals surface area contributed by atoms with Gasteiger partial charge in [0.2, 0.25) is 0 Å². The highest BCUT2D eigenvalue weighted by Crippen LogP contribution is 2.14. The van der Waals surface area contributed by atoms with Crippen molar-refractivity contribution < 1.29 is 0 Å². The van der Waals surface area contributed by atoms with Crippen LogP contribution in [-0.4, -0.2) is 14.1 Å². The van der Waals surface area contributed by atoms with E-state index in [9.17, 15) is 0 Å². The van der Waals surface area contributed by atoms with Crippen LogP contribution in [0.15, 0.2) is 84.9 Å². The molecule has 0 N–H and O–H groups in total. The Morgan fingerprint density at radius 1 is 0.640 bits per heavy atom. The Morgan fingerprint density at radius 2 is 1.04 bits per heavy atom. The summed E-state index contributed by atoms with van der Waals surface area (Å²) in [6.45, 7) is -0.492. The smallest absolute Gasteiger partial charge is 0.140 e. The van der Waals surface area contributed by atoms with E-state index in [0.717, 1.165) is 15.6 Å². The highest BCUT2D eigenvalue weighted by atomic mass is 35.7. The van der Waals surface area contributed by atoms with E-state index in [1.807, 2.05) is 91.9 Å². The molecular formula is C19H17Cl4Si2. The minimum atomic E-state index is -2.51. The molecule has 3 aromatic carbocycles. The Bertz CT molecular complexity index is 736. The molecule has 0 nitrogen and oxygen atoms in total. The number of benzene rings is 3. The molecule has 0 unspecified atom stereocenters. The van der Waals surface area contributed by atoms with Gasteiger partial charge in [0, 0.05) is 0 Å². The van der Waals surface area contributed by atoms with Crippen LogP contribution >= 0.6 is 44.3 Å². The van der Waals surface area contributed by atoms with Gasteiger partial charge < -0.3 is 0 Å². The van der Waals surface area contributed by atoms with Gasteiger partial charge in [0.1, 0.15) is 0 Å². The van der Waals surface area contributed by atoms with Gasteiger partial charge in [0.25, 0.3) is 0 Å². The number of rotatable bonds is 3. The molecule has 0 aliphatic heterocycles. The fourth-order valence-corrected chi connectivity index (χ4v) is 7.19. The maximum atomic E-state index is 6.49. The lowest BCUT2D eigenvalue weighted by molar-refractivity contribution is 1.52. The first-order valence-electron chi connectivity index (χ1n) is 7.65. The molecule has 0 heterocycles. The molecule has 0 saturated carbocycles. The Morgan fingerprint density at radius 3 is 1.40 bits per heavy atom. The van der Waals surface area contributed by atoms with Gasteiger partial charge in [0.05, 0.1) is 0 Å². The van der Waals surface area contributed by atoms with Crippen molar-refractivity contribution in [3.63, 3.8) is 0 Å². The van der Waals surface area contributed by atoms with Gasteiger partial charge in [-0.15, -0.1) is 44.3 Å². The summed E-state index contributed by atoms with van der Waals surface area (Å²) in [6.07, 6.45) is 0. The second-order valence-electron chi connectivity index (χ2n) is 5.38. The van der Waals surface area contributed by atoms with Crippen LogP contribution in [0.3, 0.4) is 0 Å². The maximum absolute atomic E-state index is 6.49. The molecule has 0 aliphatic rings. The minimum Gasteiger partial charge on any atom is -0.140 e. The summed E-state index contributed by atoms with van der Waals surface area (Å²) >= 11 is 24.5. The Labute approximate surface area is 170 Å². The van der Waals surface area contributed by atoms with E-state index in [4.69, 9.17) is 44.3 Å². The lowest BCUT2D eigenvalue weighted by Crippen LogP contribution is -2.48. The summed E-state index contributed by atoms with van der Waals surface area (Å²) in [5.41, 5.74) is 1.18. The molecule has 0 amide bonds. The molecular weight excluding hydrogens is 426 g/mol. The van der Waals surface area contributed by atoms with Gasteiger partial charge in [-0.25, -0.2) is 0 Å². The zero-order chi connectivity index (χ0) is 18.3. The van der Waals surface area contributed by atoms with Crippen molar-refractivity contribution in [2.75, 3.05) is 0 Å². The van der Waals surface area contributed by atoms with Gasteiger partial charge in [-0.1, -0.05) is 84.9 Å². The second kappa shape index (κ2) is 9.81. The summed E-state index contributed by atoms with van der Waals surface area (Å²) in [6, 6.07) is 27.7. The van der Waals surface area contributed by atoms with Gasteiger partial charge in [0.15, 0.2) is 0 Å². The summed E-state index contributed by atoms with van der Waals surface area (Å²) in [5.74, 6) is 0.